The fourth-order valence-electron chi connectivity index (χ4n) is 1.35. The van der Waals surface area contributed by atoms with Crippen molar-refractivity contribution in [2.24, 2.45) is 0 Å². The molecule has 0 atom stereocenters. The molecule has 0 spiro atoms. The van der Waals surface area contributed by atoms with Crippen LogP contribution < -0.4 is 9.47 Å². The number of ether oxygens (including phenoxy) is 2. The number of para-hydroxylation sites is 2. The van der Waals surface area contributed by atoms with Gasteiger partial charge in [0.25, 0.3) is 0 Å². The molecule has 0 bridgehead atoms. The maximum Gasteiger partial charge on any atom is 0.232 e. The smallest absolute Gasteiger partial charge is 0.232 e. The first-order valence-electron chi connectivity index (χ1n) is 4.96. The Hall–Kier alpha value is -1.97. The maximum atomic E-state index is 5.55. The van der Waals surface area contributed by atoms with E-state index < -0.39 is 0 Å². The molecule has 0 saturated carbocycles. The second kappa shape index (κ2) is 4.70. The zero-order chi connectivity index (χ0) is 11.4. The highest BCUT2D eigenvalue weighted by atomic mass is 16.5. The van der Waals surface area contributed by atoms with Crippen molar-refractivity contribution in [3.63, 3.8) is 0 Å². The molecule has 1 aromatic heterocycles. The summed E-state index contributed by atoms with van der Waals surface area (Å²) in [6.45, 7) is 2.17. The summed E-state index contributed by atoms with van der Waals surface area (Å²) >= 11 is 0. The van der Waals surface area contributed by atoms with E-state index in [2.05, 4.69) is 4.98 Å². The average molecular weight is 219 g/mol. The molecule has 2 aromatic rings. The number of rotatable bonds is 4. The van der Waals surface area contributed by atoms with Crippen LogP contribution in [0.15, 0.2) is 34.9 Å². The molecule has 1 heterocycles. The third-order valence-electron chi connectivity index (χ3n) is 2.09. The summed E-state index contributed by atoms with van der Waals surface area (Å²) in [6, 6.07) is 7.46. The predicted octanol–water partition coefficient (Wildman–Crippen LogP) is 2.57. The van der Waals surface area contributed by atoms with Crippen LogP contribution in [0.3, 0.4) is 0 Å². The average Bonchev–Trinajstić information content (AvgIpc) is 2.73. The zero-order valence-corrected chi connectivity index (χ0v) is 9.27. The first-order chi connectivity index (χ1) is 7.79. The van der Waals surface area contributed by atoms with Crippen LogP contribution in [0.5, 0.6) is 11.5 Å². The summed E-state index contributed by atoms with van der Waals surface area (Å²) in [7, 11) is 1.61. The second-order valence-electron chi connectivity index (χ2n) is 3.32. The van der Waals surface area contributed by atoms with Crippen molar-refractivity contribution in [2.45, 2.75) is 13.5 Å². The van der Waals surface area contributed by atoms with E-state index in [1.54, 1.807) is 13.4 Å². The van der Waals surface area contributed by atoms with Crippen molar-refractivity contribution < 1.29 is 13.9 Å². The van der Waals surface area contributed by atoms with E-state index in [0.717, 1.165) is 5.69 Å². The summed E-state index contributed by atoms with van der Waals surface area (Å²) < 4.78 is 15.9. The third kappa shape index (κ3) is 2.34. The largest absolute Gasteiger partial charge is 0.493 e. The Morgan fingerprint density at radius 1 is 1.25 bits per heavy atom. The van der Waals surface area contributed by atoms with E-state index in [-0.39, 0.29) is 0 Å². The maximum absolute atomic E-state index is 5.55. The van der Waals surface area contributed by atoms with Gasteiger partial charge in [0.05, 0.1) is 12.8 Å². The van der Waals surface area contributed by atoms with Crippen LogP contribution in [0.4, 0.5) is 0 Å². The van der Waals surface area contributed by atoms with Crippen molar-refractivity contribution in [1.82, 2.24) is 4.98 Å². The van der Waals surface area contributed by atoms with E-state index >= 15 is 0 Å². The van der Waals surface area contributed by atoms with E-state index in [4.69, 9.17) is 13.9 Å². The van der Waals surface area contributed by atoms with Crippen LogP contribution in [-0.4, -0.2) is 12.1 Å². The minimum absolute atomic E-state index is 0.300. The Balaban J connectivity index is 2.04. The molecule has 0 fully saturated rings. The number of methoxy groups -OCH3 is 1. The highest BCUT2D eigenvalue weighted by Gasteiger charge is 2.05. The molecule has 2 rings (SSSR count). The van der Waals surface area contributed by atoms with Gasteiger partial charge in [0, 0.05) is 0 Å². The lowest BCUT2D eigenvalue weighted by molar-refractivity contribution is 0.250. The Morgan fingerprint density at radius 3 is 2.62 bits per heavy atom. The van der Waals surface area contributed by atoms with E-state index in [1.807, 2.05) is 31.2 Å². The topological polar surface area (TPSA) is 44.5 Å². The lowest BCUT2D eigenvalue weighted by atomic mass is 10.3. The third-order valence-corrected chi connectivity index (χ3v) is 2.09. The molecule has 0 N–H and O–H groups in total. The predicted molar refractivity (Wildman–Crippen MR) is 58.6 cm³/mol. The van der Waals surface area contributed by atoms with Crippen molar-refractivity contribution in [3.05, 3.63) is 42.1 Å². The summed E-state index contributed by atoms with van der Waals surface area (Å²) in [5, 5.41) is 0. The van der Waals surface area contributed by atoms with Gasteiger partial charge in [-0.15, -0.1) is 0 Å². The van der Waals surface area contributed by atoms with Crippen LogP contribution in [0.25, 0.3) is 0 Å². The Kier molecular flexibility index (Phi) is 3.10. The Morgan fingerprint density at radius 2 is 2.00 bits per heavy atom. The number of aromatic nitrogens is 1. The first kappa shape index (κ1) is 10.5. The minimum Gasteiger partial charge on any atom is -0.493 e. The van der Waals surface area contributed by atoms with E-state index in [9.17, 15) is 0 Å². The number of benzene rings is 1. The van der Waals surface area contributed by atoms with Gasteiger partial charge >= 0.3 is 0 Å². The van der Waals surface area contributed by atoms with Crippen molar-refractivity contribution >= 4 is 0 Å². The van der Waals surface area contributed by atoms with E-state index in [0.29, 0.717) is 24.0 Å². The number of aryl methyl sites for hydroxylation is 1. The highest BCUT2D eigenvalue weighted by Crippen LogP contribution is 2.26. The van der Waals surface area contributed by atoms with Gasteiger partial charge in [-0.3, -0.25) is 0 Å². The number of hydrogen-bond donors (Lipinski definition) is 0. The van der Waals surface area contributed by atoms with Crippen molar-refractivity contribution in [2.75, 3.05) is 7.11 Å². The molecule has 0 saturated heterocycles. The van der Waals surface area contributed by atoms with Gasteiger partial charge in [0.2, 0.25) is 5.89 Å². The van der Waals surface area contributed by atoms with Crippen LogP contribution in [-0.2, 0) is 6.61 Å². The monoisotopic (exact) mass is 219 g/mol. The van der Waals surface area contributed by atoms with Crippen LogP contribution >= 0.6 is 0 Å². The van der Waals surface area contributed by atoms with Crippen LogP contribution in [0.1, 0.15) is 11.6 Å². The standard InChI is InChI=1S/C12H13NO3/c1-9-7-16-12(13-9)8-15-11-6-4-3-5-10(11)14-2/h3-7H,8H2,1-2H3. The summed E-state index contributed by atoms with van der Waals surface area (Å²) in [5.41, 5.74) is 0.846. The normalized spacial score (nSPS) is 10.1. The molecule has 0 aliphatic carbocycles. The van der Waals surface area contributed by atoms with Crippen molar-refractivity contribution in [3.8, 4) is 11.5 Å². The summed E-state index contributed by atoms with van der Waals surface area (Å²) in [4.78, 5) is 4.15. The molecule has 1 aromatic carbocycles. The molecule has 0 unspecified atom stereocenters. The SMILES string of the molecule is COc1ccccc1OCc1nc(C)co1. The summed E-state index contributed by atoms with van der Waals surface area (Å²) in [6.07, 6.45) is 1.60. The second-order valence-corrected chi connectivity index (χ2v) is 3.32. The van der Waals surface area contributed by atoms with Gasteiger partial charge in [0.15, 0.2) is 18.1 Å². The molecular weight excluding hydrogens is 206 g/mol. The van der Waals surface area contributed by atoms with Gasteiger partial charge < -0.3 is 13.9 Å². The van der Waals surface area contributed by atoms with Gasteiger partial charge in [-0.25, -0.2) is 4.98 Å². The summed E-state index contributed by atoms with van der Waals surface area (Å²) in [5.74, 6) is 1.94. The Labute approximate surface area is 93.8 Å². The number of nitrogens with zero attached hydrogens (tertiary/aromatic N) is 1. The molecule has 16 heavy (non-hydrogen) atoms. The molecule has 4 heteroatoms. The molecule has 0 radical (unpaired) electrons. The van der Waals surface area contributed by atoms with Crippen LogP contribution in [0, 0.1) is 6.92 Å². The molecular formula is C12H13NO3. The first-order valence-corrected chi connectivity index (χ1v) is 4.96. The Bertz CT molecular complexity index is 465. The lowest BCUT2D eigenvalue weighted by Crippen LogP contribution is -1.97. The highest BCUT2D eigenvalue weighted by molar-refractivity contribution is 5.39. The lowest BCUT2D eigenvalue weighted by Gasteiger charge is -2.08. The molecule has 0 aliphatic rings. The fraction of sp³-hybridized carbons (Fsp3) is 0.250. The number of oxazole rings is 1. The van der Waals surface area contributed by atoms with Gasteiger partial charge in [0.1, 0.15) is 6.26 Å². The van der Waals surface area contributed by atoms with Gasteiger partial charge in [-0.2, -0.15) is 0 Å². The molecule has 0 aliphatic heterocycles. The molecule has 84 valence electrons. The fourth-order valence-corrected chi connectivity index (χ4v) is 1.35. The van der Waals surface area contributed by atoms with E-state index in [1.165, 1.54) is 0 Å². The zero-order valence-electron chi connectivity index (χ0n) is 9.27. The van der Waals surface area contributed by atoms with Gasteiger partial charge in [-0.1, -0.05) is 12.1 Å². The quantitative estimate of drug-likeness (QED) is 0.792. The van der Waals surface area contributed by atoms with Gasteiger partial charge in [-0.05, 0) is 19.1 Å². The molecule has 0 amide bonds. The van der Waals surface area contributed by atoms with Crippen molar-refractivity contribution in [1.29, 1.82) is 0 Å². The van der Waals surface area contributed by atoms with Crippen LogP contribution in [0.2, 0.25) is 0 Å². The number of hydrogen-bond acceptors (Lipinski definition) is 4. The molecule has 4 nitrogen and oxygen atoms in total. The minimum atomic E-state index is 0.300.